The summed E-state index contributed by atoms with van der Waals surface area (Å²) in [4.78, 5) is 11.3. The van der Waals surface area contributed by atoms with Crippen LogP contribution < -0.4 is 5.32 Å². The molecule has 3 heteroatoms. The molecule has 0 radical (unpaired) electrons. The molecule has 0 amide bonds. The van der Waals surface area contributed by atoms with E-state index in [1.54, 1.807) is 13.8 Å². The molecule has 1 aromatic rings. The number of rotatable bonds is 6. The van der Waals surface area contributed by atoms with Crippen molar-refractivity contribution >= 4 is 5.97 Å². The van der Waals surface area contributed by atoms with Crippen LogP contribution >= 0.6 is 0 Å². The molecular weight excluding hydrogens is 238 g/mol. The monoisotopic (exact) mass is 263 g/mol. The fourth-order valence-corrected chi connectivity index (χ4v) is 1.70. The highest BCUT2D eigenvalue weighted by molar-refractivity contribution is 5.75. The Labute approximate surface area is 116 Å². The van der Waals surface area contributed by atoms with Gasteiger partial charge in [0, 0.05) is 12.1 Å². The van der Waals surface area contributed by atoms with Gasteiger partial charge < -0.3 is 10.4 Å². The van der Waals surface area contributed by atoms with Crippen molar-refractivity contribution in [2.45, 2.75) is 53.1 Å². The predicted molar refractivity (Wildman–Crippen MR) is 78.2 cm³/mol. The van der Waals surface area contributed by atoms with Crippen LogP contribution in [0.1, 0.15) is 45.7 Å². The van der Waals surface area contributed by atoms with Gasteiger partial charge in [0.2, 0.25) is 0 Å². The highest BCUT2D eigenvalue weighted by Crippen LogP contribution is 2.30. The van der Waals surface area contributed by atoms with Gasteiger partial charge in [0.1, 0.15) is 0 Å². The molecule has 0 aromatic heterocycles. The van der Waals surface area contributed by atoms with Gasteiger partial charge in [0.15, 0.2) is 0 Å². The Balaban J connectivity index is 2.71. The normalized spacial score (nSPS) is 12.5. The minimum Gasteiger partial charge on any atom is -0.481 e. The van der Waals surface area contributed by atoms with Gasteiger partial charge in [-0.2, -0.15) is 0 Å². The van der Waals surface area contributed by atoms with Crippen LogP contribution in [0.25, 0.3) is 0 Å². The average molecular weight is 263 g/mol. The highest BCUT2D eigenvalue weighted by Gasteiger charge is 2.42. The Kier molecular flexibility index (Phi) is 4.75. The van der Waals surface area contributed by atoms with Crippen molar-refractivity contribution in [1.29, 1.82) is 0 Å². The van der Waals surface area contributed by atoms with E-state index in [0.29, 0.717) is 6.54 Å². The lowest BCUT2D eigenvalue weighted by Gasteiger charge is -2.39. The number of aliphatic carboxylic acids is 1. The lowest BCUT2D eigenvalue weighted by Crippen LogP contribution is -2.54. The maximum absolute atomic E-state index is 11.3. The van der Waals surface area contributed by atoms with Crippen molar-refractivity contribution in [3.05, 3.63) is 35.4 Å². The highest BCUT2D eigenvalue weighted by atomic mass is 16.4. The molecule has 3 nitrogen and oxygen atoms in total. The third-order valence-electron chi connectivity index (χ3n) is 4.26. The quantitative estimate of drug-likeness (QED) is 0.828. The molecule has 0 aliphatic heterocycles. The third-order valence-corrected chi connectivity index (χ3v) is 4.26. The van der Waals surface area contributed by atoms with Gasteiger partial charge in [0.05, 0.1) is 5.41 Å². The van der Waals surface area contributed by atoms with Crippen molar-refractivity contribution in [2.75, 3.05) is 0 Å². The lowest BCUT2D eigenvalue weighted by atomic mass is 9.74. The molecular formula is C16H25NO2. The predicted octanol–water partition coefficient (Wildman–Crippen LogP) is 3.23. The van der Waals surface area contributed by atoms with E-state index in [9.17, 15) is 9.90 Å². The van der Waals surface area contributed by atoms with Crippen molar-refractivity contribution < 1.29 is 9.90 Å². The van der Waals surface area contributed by atoms with Gasteiger partial charge >= 0.3 is 5.97 Å². The molecule has 0 saturated heterocycles. The molecule has 0 aliphatic rings. The van der Waals surface area contributed by atoms with Gasteiger partial charge in [-0.25, -0.2) is 0 Å². The van der Waals surface area contributed by atoms with Crippen LogP contribution in [0.3, 0.4) is 0 Å². The first-order valence-electron chi connectivity index (χ1n) is 6.77. The Bertz CT molecular complexity index is 433. The summed E-state index contributed by atoms with van der Waals surface area (Å²) >= 11 is 0. The second kappa shape index (κ2) is 5.74. The molecule has 2 N–H and O–H groups in total. The summed E-state index contributed by atoms with van der Waals surface area (Å²) in [5, 5.41) is 12.7. The zero-order valence-electron chi connectivity index (χ0n) is 12.6. The van der Waals surface area contributed by atoms with Crippen LogP contribution in [0.15, 0.2) is 24.3 Å². The van der Waals surface area contributed by atoms with Crippen LogP contribution in [-0.2, 0) is 17.8 Å². The molecule has 0 spiro atoms. The summed E-state index contributed by atoms with van der Waals surface area (Å²) in [5.74, 6) is -0.786. The SMILES string of the molecule is CCc1ccc(CNC(C)(C)C(C)(C)C(=O)O)cc1. The molecule has 0 bridgehead atoms. The fourth-order valence-electron chi connectivity index (χ4n) is 1.70. The number of aryl methyl sites for hydroxylation is 1. The second-order valence-electron chi connectivity index (χ2n) is 6.08. The summed E-state index contributed by atoms with van der Waals surface area (Å²) in [6.45, 7) is 10.2. The van der Waals surface area contributed by atoms with Crippen LogP contribution in [0.5, 0.6) is 0 Å². The first-order valence-corrected chi connectivity index (χ1v) is 6.77. The van der Waals surface area contributed by atoms with E-state index < -0.39 is 16.9 Å². The zero-order valence-corrected chi connectivity index (χ0v) is 12.6. The Hall–Kier alpha value is -1.35. The molecule has 106 valence electrons. The third kappa shape index (κ3) is 3.57. The molecule has 0 fully saturated rings. The largest absolute Gasteiger partial charge is 0.481 e. The molecule has 19 heavy (non-hydrogen) atoms. The molecule has 0 unspecified atom stereocenters. The average Bonchev–Trinajstić information content (AvgIpc) is 2.36. The number of benzene rings is 1. The summed E-state index contributed by atoms with van der Waals surface area (Å²) in [6, 6.07) is 8.42. The number of hydrogen-bond donors (Lipinski definition) is 2. The first kappa shape index (κ1) is 15.7. The second-order valence-corrected chi connectivity index (χ2v) is 6.08. The minimum atomic E-state index is -0.823. The van der Waals surface area contributed by atoms with E-state index in [0.717, 1.165) is 6.42 Å². The van der Waals surface area contributed by atoms with Crippen LogP contribution in [0, 0.1) is 5.41 Å². The first-order chi connectivity index (χ1) is 8.70. The van der Waals surface area contributed by atoms with Crippen molar-refractivity contribution in [1.82, 2.24) is 5.32 Å². The van der Waals surface area contributed by atoms with Gasteiger partial charge in [-0.05, 0) is 45.2 Å². The minimum absolute atomic E-state index is 0.484. The number of carbonyl (C=O) groups is 1. The van der Waals surface area contributed by atoms with Gasteiger partial charge in [-0.15, -0.1) is 0 Å². The van der Waals surface area contributed by atoms with Crippen molar-refractivity contribution in [3.63, 3.8) is 0 Å². The lowest BCUT2D eigenvalue weighted by molar-refractivity contribution is -0.151. The standard InChI is InChI=1S/C16H25NO2/c1-6-12-7-9-13(10-8-12)11-17-16(4,5)15(2,3)14(18)19/h7-10,17H,6,11H2,1-5H3,(H,18,19). The number of carboxylic acids is 1. The van der Waals surface area contributed by atoms with E-state index in [1.807, 2.05) is 13.8 Å². The molecule has 1 aromatic carbocycles. The van der Waals surface area contributed by atoms with Crippen LogP contribution in [0.4, 0.5) is 0 Å². The number of nitrogens with one attached hydrogen (secondary N) is 1. The summed E-state index contributed by atoms with van der Waals surface area (Å²) < 4.78 is 0. The van der Waals surface area contributed by atoms with Gasteiger partial charge in [0.25, 0.3) is 0 Å². The Morgan fingerprint density at radius 2 is 1.58 bits per heavy atom. The maximum Gasteiger partial charge on any atom is 0.310 e. The Morgan fingerprint density at radius 3 is 2.00 bits per heavy atom. The number of carboxylic acid groups (broad SMARTS) is 1. The van der Waals surface area contributed by atoms with E-state index in [1.165, 1.54) is 11.1 Å². The molecule has 0 heterocycles. The van der Waals surface area contributed by atoms with E-state index >= 15 is 0 Å². The van der Waals surface area contributed by atoms with Crippen molar-refractivity contribution in [2.24, 2.45) is 5.41 Å². The number of hydrogen-bond acceptors (Lipinski definition) is 2. The molecule has 0 saturated carbocycles. The van der Waals surface area contributed by atoms with E-state index in [4.69, 9.17) is 0 Å². The summed E-state index contributed by atoms with van der Waals surface area (Å²) in [6.07, 6.45) is 1.03. The summed E-state index contributed by atoms with van der Waals surface area (Å²) in [7, 11) is 0. The topological polar surface area (TPSA) is 49.3 Å². The fraction of sp³-hybridized carbons (Fsp3) is 0.562. The van der Waals surface area contributed by atoms with Gasteiger partial charge in [-0.3, -0.25) is 4.79 Å². The smallest absolute Gasteiger partial charge is 0.310 e. The van der Waals surface area contributed by atoms with E-state index in [-0.39, 0.29) is 0 Å². The van der Waals surface area contributed by atoms with Gasteiger partial charge in [-0.1, -0.05) is 31.2 Å². The Morgan fingerprint density at radius 1 is 1.11 bits per heavy atom. The van der Waals surface area contributed by atoms with Crippen molar-refractivity contribution in [3.8, 4) is 0 Å². The summed E-state index contributed by atoms with van der Waals surface area (Å²) in [5.41, 5.74) is 1.18. The molecule has 0 atom stereocenters. The molecule has 0 aliphatic carbocycles. The van der Waals surface area contributed by atoms with Crippen LogP contribution in [0.2, 0.25) is 0 Å². The van der Waals surface area contributed by atoms with E-state index in [2.05, 4.69) is 36.5 Å². The maximum atomic E-state index is 11.3. The van der Waals surface area contributed by atoms with Crippen LogP contribution in [-0.4, -0.2) is 16.6 Å². The zero-order chi connectivity index (χ0) is 14.7. The molecule has 1 rings (SSSR count).